The molecule has 0 fully saturated rings. The predicted molar refractivity (Wildman–Crippen MR) is 70.6 cm³/mol. The van der Waals surface area contributed by atoms with Gasteiger partial charge in [-0.2, -0.15) is 4.72 Å². The van der Waals surface area contributed by atoms with Gasteiger partial charge < -0.3 is 14.2 Å². The van der Waals surface area contributed by atoms with Crippen LogP contribution in [0.25, 0.3) is 0 Å². The van der Waals surface area contributed by atoms with Crippen molar-refractivity contribution < 1.29 is 37.0 Å². The minimum atomic E-state index is -4.07. The van der Waals surface area contributed by atoms with E-state index < -0.39 is 46.1 Å². The van der Waals surface area contributed by atoms with Gasteiger partial charge in [0.05, 0.1) is 32.5 Å². The number of carbonyl (C=O) groups excluding carboxylic acids is 3. The highest BCUT2D eigenvalue weighted by atomic mass is 32.2. The molecule has 1 N–H and O–H groups in total. The molecule has 0 aromatic carbocycles. The van der Waals surface area contributed by atoms with Crippen LogP contribution in [0.4, 0.5) is 0 Å². The van der Waals surface area contributed by atoms with Crippen LogP contribution >= 0.6 is 0 Å². The summed E-state index contributed by atoms with van der Waals surface area (Å²) in [5.41, 5.74) is 0. The van der Waals surface area contributed by atoms with Crippen molar-refractivity contribution in [2.75, 3.05) is 26.1 Å². The molecule has 122 valence electrons. The Labute approximate surface area is 123 Å². The number of sulfonamides is 1. The molecular weight excluding hydrogens is 306 g/mol. The molecule has 0 saturated heterocycles. The van der Waals surface area contributed by atoms with Gasteiger partial charge >= 0.3 is 17.9 Å². The van der Waals surface area contributed by atoms with Crippen molar-refractivity contribution in [3.8, 4) is 0 Å². The van der Waals surface area contributed by atoms with Gasteiger partial charge in [0.1, 0.15) is 0 Å². The maximum Gasteiger partial charge on any atom is 0.335 e. The van der Waals surface area contributed by atoms with E-state index in [-0.39, 0.29) is 13.2 Å². The Hall–Kier alpha value is -1.68. The van der Waals surface area contributed by atoms with Crippen LogP contribution in [0, 0.1) is 0 Å². The van der Waals surface area contributed by atoms with E-state index in [2.05, 4.69) is 14.2 Å². The van der Waals surface area contributed by atoms with Crippen molar-refractivity contribution in [1.82, 2.24) is 4.72 Å². The van der Waals surface area contributed by atoms with Crippen LogP contribution in [0.15, 0.2) is 0 Å². The number of methoxy groups -OCH3 is 1. The normalized spacial score (nSPS) is 11.0. The fourth-order valence-electron chi connectivity index (χ4n) is 1.20. The van der Waals surface area contributed by atoms with E-state index in [4.69, 9.17) is 0 Å². The van der Waals surface area contributed by atoms with Crippen LogP contribution in [0.1, 0.15) is 20.3 Å². The third kappa shape index (κ3) is 7.61. The highest BCUT2D eigenvalue weighted by Crippen LogP contribution is 2.00. The van der Waals surface area contributed by atoms with Gasteiger partial charge in [-0.15, -0.1) is 0 Å². The molecule has 0 amide bonds. The van der Waals surface area contributed by atoms with Crippen molar-refractivity contribution in [3.05, 3.63) is 0 Å². The fraction of sp³-hybridized carbons (Fsp3) is 0.727. The van der Waals surface area contributed by atoms with E-state index >= 15 is 0 Å². The summed E-state index contributed by atoms with van der Waals surface area (Å²) in [5, 5.41) is 0. The highest BCUT2D eigenvalue weighted by Gasteiger charge is 2.33. The topological polar surface area (TPSA) is 125 Å². The quantitative estimate of drug-likeness (QED) is 0.324. The van der Waals surface area contributed by atoms with E-state index in [1.165, 1.54) is 13.8 Å². The first-order valence-corrected chi connectivity index (χ1v) is 7.82. The smallest absolute Gasteiger partial charge is 0.335 e. The lowest BCUT2D eigenvalue weighted by Gasteiger charge is -2.15. The van der Waals surface area contributed by atoms with Gasteiger partial charge in [0.25, 0.3) is 0 Å². The number of nitrogens with one attached hydrogen (secondary N) is 1. The van der Waals surface area contributed by atoms with Crippen LogP contribution in [-0.2, 0) is 38.6 Å². The van der Waals surface area contributed by atoms with E-state index in [0.717, 1.165) is 7.11 Å². The van der Waals surface area contributed by atoms with Crippen LogP contribution in [0.2, 0.25) is 0 Å². The molecule has 0 rings (SSSR count). The van der Waals surface area contributed by atoms with E-state index in [1.54, 1.807) is 0 Å². The predicted octanol–water partition coefficient (Wildman–Crippen LogP) is -1.04. The zero-order chi connectivity index (χ0) is 16.5. The third-order valence-corrected chi connectivity index (χ3v) is 3.48. The molecule has 0 aliphatic rings. The summed E-state index contributed by atoms with van der Waals surface area (Å²) in [6.45, 7) is 2.95. The molecular formula is C11H19NO8S. The summed E-state index contributed by atoms with van der Waals surface area (Å²) in [6, 6.07) is -1.80. The number of hydrogen-bond acceptors (Lipinski definition) is 8. The van der Waals surface area contributed by atoms with E-state index in [9.17, 15) is 22.8 Å². The average molecular weight is 325 g/mol. The molecule has 0 saturated carbocycles. The fourth-order valence-corrected chi connectivity index (χ4v) is 2.31. The lowest BCUT2D eigenvalue weighted by molar-refractivity contribution is -0.157. The molecule has 0 unspecified atom stereocenters. The van der Waals surface area contributed by atoms with Crippen molar-refractivity contribution in [2.45, 2.75) is 26.3 Å². The van der Waals surface area contributed by atoms with Gasteiger partial charge in [-0.25, -0.2) is 18.0 Å². The SMILES string of the molecule is CCOC(=O)C(NS(=O)(=O)CCC(=O)OC)C(=O)OCC. The summed E-state index contributed by atoms with van der Waals surface area (Å²) in [4.78, 5) is 34.1. The van der Waals surface area contributed by atoms with E-state index in [0.29, 0.717) is 0 Å². The first-order valence-electron chi connectivity index (χ1n) is 6.17. The molecule has 9 nitrogen and oxygen atoms in total. The molecule has 0 aromatic heterocycles. The van der Waals surface area contributed by atoms with Crippen LogP contribution < -0.4 is 4.72 Å². The van der Waals surface area contributed by atoms with Gasteiger partial charge in [0.15, 0.2) is 0 Å². The number of esters is 3. The van der Waals surface area contributed by atoms with E-state index in [1.807, 2.05) is 4.72 Å². The molecule has 0 atom stereocenters. The maximum absolute atomic E-state index is 11.7. The first kappa shape index (κ1) is 19.3. The van der Waals surface area contributed by atoms with Crippen molar-refractivity contribution in [2.24, 2.45) is 0 Å². The molecule has 0 heterocycles. The summed E-state index contributed by atoms with van der Waals surface area (Å²) >= 11 is 0. The monoisotopic (exact) mass is 325 g/mol. The Kier molecular flexibility index (Phi) is 8.55. The van der Waals surface area contributed by atoms with Crippen LogP contribution in [0.3, 0.4) is 0 Å². The zero-order valence-corrected chi connectivity index (χ0v) is 12.9. The lowest BCUT2D eigenvalue weighted by atomic mass is 10.3. The molecule has 21 heavy (non-hydrogen) atoms. The highest BCUT2D eigenvalue weighted by molar-refractivity contribution is 7.89. The summed E-state index contributed by atoms with van der Waals surface area (Å²) in [5.74, 6) is -3.51. The summed E-state index contributed by atoms with van der Waals surface area (Å²) < 4.78 is 38.9. The molecule has 10 heteroatoms. The first-order chi connectivity index (χ1) is 9.77. The average Bonchev–Trinajstić information content (AvgIpc) is 2.42. The third-order valence-electron chi connectivity index (χ3n) is 2.14. The second-order valence-corrected chi connectivity index (χ2v) is 5.57. The maximum atomic E-state index is 11.7. The zero-order valence-electron chi connectivity index (χ0n) is 12.1. The number of carbonyl (C=O) groups is 3. The van der Waals surface area contributed by atoms with Gasteiger partial charge in [0, 0.05) is 0 Å². The minimum absolute atomic E-state index is 0.0291. The Morgan fingerprint density at radius 2 is 1.52 bits per heavy atom. The van der Waals surface area contributed by atoms with Crippen molar-refractivity contribution in [3.63, 3.8) is 0 Å². The number of hydrogen-bond donors (Lipinski definition) is 1. The summed E-state index contributed by atoms with van der Waals surface area (Å²) in [7, 11) is -2.95. The molecule has 0 bridgehead atoms. The Morgan fingerprint density at radius 3 is 1.90 bits per heavy atom. The lowest BCUT2D eigenvalue weighted by Crippen LogP contribution is -2.49. The summed E-state index contributed by atoms with van der Waals surface area (Å²) in [6.07, 6.45) is -0.412. The second kappa shape index (κ2) is 9.29. The van der Waals surface area contributed by atoms with Gasteiger partial charge in [-0.05, 0) is 13.8 Å². The van der Waals surface area contributed by atoms with Crippen molar-refractivity contribution >= 4 is 27.9 Å². The van der Waals surface area contributed by atoms with Gasteiger partial charge in [-0.3, -0.25) is 4.79 Å². The van der Waals surface area contributed by atoms with Crippen LogP contribution in [-0.4, -0.2) is 58.4 Å². The largest absolute Gasteiger partial charge is 0.469 e. The second-order valence-electron chi connectivity index (χ2n) is 3.70. The number of rotatable bonds is 9. The molecule has 0 aliphatic carbocycles. The van der Waals surface area contributed by atoms with Crippen LogP contribution in [0.5, 0.6) is 0 Å². The van der Waals surface area contributed by atoms with Gasteiger partial charge in [0.2, 0.25) is 16.1 Å². The molecule has 0 aliphatic heterocycles. The Morgan fingerprint density at radius 1 is 1.05 bits per heavy atom. The Bertz CT molecular complexity index is 455. The molecule has 0 spiro atoms. The molecule has 0 aromatic rings. The standard InChI is InChI=1S/C11H19NO8S/c1-4-19-10(14)9(11(15)20-5-2)12-21(16,17)7-6-8(13)18-3/h9,12H,4-7H2,1-3H3. The van der Waals surface area contributed by atoms with Gasteiger partial charge in [-0.1, -0.05) is 0 Å². The molecule has 0 radical (unpaired) electrons. The van der Waals surface area contributed by atoms with Crippen molar-refractivity contribution in [1.29, 1.82) is 0 Å². The number of ether oxygens (including phenoxy) is 3. The Balaban J connectivity index is 4.89. The minimum Gasteiger partial charge on any atom is -0.469 e.